The van der Waals surface area contributed by atoms with Crippen molar-refractivity contribution in [2.75, 3.05) is 5.32 Å². The number of aliphatic hydroxyl groups excluding tert-OH is 1. The van der Waals surface area contributed by atoms with Gasteiger partial charge in [0.15, 0.2) is 0 Å². The van der Waals surface area contributed by atoms with Crippen LogP contribution >= 0.6 is 0 Å². The second kappa shape index (κ2) is 6.42. The molecule has 0 spiro atoms. The summed E-state index contributed by atoms with van der Waals surface area (Å²) in [6.45, 7) is 4.99. The van der Waals surface area contributed by atoms with E-state index in [2.05, 4.69) is 5.32 Å². The highest BCUT2D eigenvalue weighted by atomic mass is 16.6. The van der Waals surface area contributed by atoms with Gasteiger partial charge in [0, 0.05) is 29.7 Å². The van der Waals surface area contributed by atoms with Crippen molar-refractivity contribution in [2.45, 2.75) is 32.9 Å². The van der Waals surface area contributed by atoms with Gasteiger partial charge < -0.3 is 15.2 Å². The molecule has 2 unspecified atom stereocenters. The van der Waals surface area contributed by atoms with Crippen molar-refractivity contribution >= 4 is 17.3 Å². The van der Waals surface area contributed by atoms with E-state index in [0.717, 1.165) is 0 Å². The first kappa shape index (κ1) is 17.9. The van der Waals surface area contributed by atoms with Gasteiger partial charge in [-0.2, -0.15) is 0 Å². The van der Waals surface area contributed by atoms with Crippen LogP contribution in [-0.4, -0.2) is 16.0 Å². The maximum atomic E-state index is 11.4. The molecule has 0 aliphatic carbocycles. The van der Waals surface area contributed by atoms with Gasteiger partial charge in [-0.05, 0) is 18.2 Å². The minimum atomic E-state index is -0.904. The summed E-state index contributed by atoms with van der Waals surface area (Å²) in [5, 5.41) is 25.7. The molecule has 7 heteroatoms. The number of nitro benzene ring substituents is 1. The molecule has 0 saturated carbocycles. The smallest absolute Gasteiger partial charge is 0.308 e. The van der Waals surface area contributed by atoms with E-state index in [1.807, 2.05) is 13.8 Å². The van der Waals surface area contributed by atoms with Gasteiger partial charge in [0.1, 0.15) is 5.75 Å². The van der Waals surface area contributed by atoms with Crippen LogP contribution in [0.25, 0.3) is 0 Å². The number of rotatable bonds is 3. The fraction of sp³-hybridized carbons (Fsp3) is 0.316. The lowest BCUT2D eigenvalue weighted by Crippen LogP contribution is -2.39. The van der Waals surface area contributed by atoms with Crippen LogP contribution in [0.15, 0.2) is 42.5 Å². The van der Waals surface area contributed by atoms with Gasteiger partial charge in [-0.25, -0.2) is 0 Å². The van der Waals surface area contributed by atoms with Crippen LogP contribution in [0.3, 0.4) is 0 Å². The maximum Gasteiger partial charge on any atom is 0.308 e. The zero-order chi connectivity index (χ0) is 19.1. The number of hydrogen-bond donors (Lipinski definition) is 2. The minimum Gasteiger partial charge on any atom is -0.427 e. The van der Waals surface area contributed by atoms with Crippen molar-refractivity contribution in [1.29, 1.82) is 0 Å². The predicted molar refractivity (Wildman–Crippen MR) is 96.0 cm³/mol. The standard InChI is InChI=1S/C19H20N2O5/c1-11(22)26-12-8-9-15-14(10-12)18(23)19(2,3)17(20-15)13-6-4-5-7-16(13)21(24)25/h4-10,17-18,20,23H,1-3H3. The monoisotopic (exact) mass is 356 g/mol. The third-order valence-electron chi connectivity index (χ3n) is 4.77. The summed E-state index contributed by atoms with van der Waals surface area (Å²) >= 11 is 0. The van der Waals surface area contributed by atoms with Crippen LogP contribution in [0.5, 0.6) is 5.75 Å². The first-order chi connectivity index (χ1) is 12.2. The number of nitro groups is 1. The fourth-order valence-corrected chi connectivity index (χ4v) is 3.40. The first-order valence-electron chi connectivity index (χ1n) is 8.22. The van der Waals surface area contributed by atoms with E-state index in [1.165, 1.54) is 13.0 Å². The maximum absolute atomic E-state index is 11.4. The fourth-order valence-electron chi connectivity index (χ4n) is 3.40. The summed E-state index contributed by atoms with van der Waals surface area (Å²) in [6.07, 6.45) is -0.904. The number of para-hydroxylation sites is 1. The van der Waals surface area contributed by atoms with Gasteiger partial charge in [-0.1, -0.05) is 32.0 Å². The molecule has 0 bridgehead atoms. The van der Waals surface area contributed by atoms with Crippen LogP contribution in [-0.2, 0) is 4.79 Å². The molecule has 1 aliphatic heterocycles. The summed E-state index contributed by atoms with van der Waals surface area (Å²) in [7, 11) is 0. The molecule has 136 valence electrons. The Balaban J connectivity index is 2.07. The van der Waals surface area contributed by atoms with Gasteiger partial charge in [0.05, 0.1) is 22.6 Å². The first-order valence-corrected chi connectivity index (χ1v) is 8.22. The highest BCUT2D eigenvalue weighted by molar-refractivity contribution is 5.70. The molecule has 3 rings (SSSR count). The van der Waals surface area contributed by atoms with E-state index in [-0.39, 0.29) is 5.69 Å². The molecule has 26 heavy (non-hydrogen) atoms. The lowest BCUT2D eigenvalue weighted by atomic mass is 9.70. The lowest BCUT2D eigenvalue weighted by molar-refractivity contribution is -0.385. The van der Waals surface area contributed by atoms with E-state index in [0.29, 0.717) is 22.6 Å². The predicted octanol–water partition coefficient (Wildman–Crippen LogP) is 3.75. The molecule has 2 aromatic rings. The number of nitrogens with one attached hydrogen (secondary N) is 1. The highest BCUT2D eigenvalue weighted by Crippen LogP contribution is 2.53. The minimum absolute atomic E-state index is 0.00487. The van der Waals surface area contributed by atoms with Crippen molar-refractivity contribution in [2.24, 2.45) is 5.41 Å². The Hall–Kier alpha value is -2.93. The second-order valence-electron chi connectivity index (χ2n) is 6.96. The van der Waals surface area contributed by atoms with Crippen LogP contribution < -0.4 is 10.1 Å². The summed E-state index contributed by atoms with van der Waals surface area (Å²) < 4.78 is 5.09. The third-order valence-corrected chi connectivity index (χ3v) is 4.77. The number of nitrogens with zero attached hydrogens (tertiary/aromatic N) is 1. The van der Waals surface area contributed by atoms with Gasteiger partial charge in [0.25, 0.3) is 5.69 Å². The highest BCUT2D eigenvalue weighted by Gasteiger charge is 2.45. The zero-order valence-electron chi connectivity index (χ0n) is 14.7. The van der Waals surface area contributed by atoms with E-state index in [1.54, 1.807) is 36.4 Å². The van der Waals surface area contributed by atoms with Crippen molar-refractivity contribution < 1.29 is 19.6 Å². The molecule has 7 nitrogen and oxygen atoms in total. The molecule has 0 radical (unpaired) electrons. The molecule has 1 heterocycles. The Morgan fingerprint density at radius 1 is 1.23 bits per heavy atom. The molecule has 0 fully saturated rings. The number of esters is 1. The van der Waals surface area contributed by atoms with Crippen molar-refractivity contribution in [1.82, 2.24) is 0 Å². The van der Waals surface area contributed by atoms with Crippen LogP contribution in [0.4, 0.5) is 11.4 Å². The lowest BCUT2D eigenvalue weighted by Gasteiger charge is -2.44. The topological polar surface area (TPSA) is 102 Å². The third kappa shape index (κ3) is 3.01. The number of anilines is 1. The number of aliphatic hydroxyl groups is 1. The number of carbonyl (C=O) groups excluding carboxylic acids is 1. The normalized spacial score (nSPS) is 20.6. The van der Waals surface area contributed by atoms with Crippen molar-refractivity contribution in [3.05, 3.63) is 63.7 Å². The number of ether oxygens (including phenoxy) is 1. The van der Waals surface area contributed by atoms with Gasteiger partial charge >= 0.3 is 5.97 Å². The number of fused-ring (bicyclic) bond motifs is 1. The van der Waals surface area contributed by atoms with E-state index < -0.39 is 28.5 Å². The van der Waals surface area contributed by atoms with Gasteiger partial charge in [-0.15, -0.1) is 0 Å². The molecular weight excluding hydrogens is 336 g/mol. The summed E-state index contributed by atoms with van der Waals surface area (Å²) in [5.74, 6) is -0.0997. The van der Waals surface area contributed by atoms with Crippen molar-refractivity contribution in [3.8, 4) is 5.75 Å². The zero-order valence-corrected chi connectivity index (χ0v) is 14.7. The summed E-state index contributed by atoms with van der Waals surface area (Å²) in [4.78, 5) is 22.2. The number of hydrogen-bond acceptors (Lipinski definition) is 6. The SMILES string of the molecule is CC(=O)Oc1ccc2c(c1)C(O)C(C)(C)C(c1ccccc1[N+](=O)[O-])N2. The van der Waals surface area contributed by atoms with Crippen LogP contribution in [0, 0.1) is 15.5 Å². The molecule has 2 atom stereocenters. The van der Waals surface area contributed by atoms with Crippen LogP contribution in [0.2, 0.25) is 0 Å². The number of carbonyl (C=O) groups is 1. The Morgan fingerprint density at radius 3 is 2.58 bits per heavy atom. The van der Waals surface area contributed by atoms with Crippen molar-refractivity contribution in [3.63, 3.8) is 0 Å². The van der Waals surface area contributed by atoms with E-state index in [9.17, 15) is 20.0 Å². The molecular formula is C19H20N2O5. The van der Waals surface area contributed by atoms with Gasteiger partial charge in [0.2, 0.25) is 0 Å². The average molecular weight is 356 g/mol. The summed E-state index contributed by atoms with van der Waals surface area (Å²) in [5.41, 5.74) is 1.01. The molecule has 0 aromatic heterocycles. The van der Waals surface area contributed by atoms with E-state index in [4.69, 9.17) is 4.74 Å². The number of benzene rings is 2. The van der Waals surface area contributed by atoms with Gasteiger partial charge in [-0.3, -0.25) is 14.9 Å². The Morgan fingerprint density at radius 2 is 1.92 bits per heavy atom. The quantitative estimate of drug-likeness (QED) is 0.376. The molecule has 1 aliphatic rings. The summed E-state index contributed by atoms with van der Waals surface area (Å²) in [6, 6.07) is 11.0. The van der Waals surface area contributed by atoms with Crippen LogP contribution in [0.1, 0.15) is 44.0 Å². The Labute approximate surface area is 150 Å². The molecule has 0 saturated heterocycles. The average Bonchev–Trinajstić information content (AvgIpc) is 2.58. The Bertz CT molecular complexity index is 878. The Kier molecular flexibility index (Phi) is 4.41. The molecule has 0 amide bonds. The second-order valence-corrected chi connectivity index (χ2v) is 6.96. The largest absolute Gasteiger partial charge is 0.427 e. The molecule has 2 N–H and O–H groups in total. The molecule has 2 aromatic carbocycles. The van der Waals surface area contributed by atoms with E-state index >= 15 is 0 Å².